The minimum atomic E-state index is -3.06. The van der Waals surface area contributed by atoms with Gasteiger partial charge in [-0.3, -0.25) is 4.79 Å². The van der Waals surface area contributed by atoms with Crippen LogP contribution in [0.3, 0.4) is 0 Å². The van der Waals surface area contributed by atoms with Crippen molar-refractivity contribution in [3.8, 4) is 0 Å². The number of hydrogen-bond donors (Lipinski definition) is 0. The number of alkyl halides is 2. The second kappa shape index (κ2) is 2.88. The Balaban J connectivity index is 2.62. The van der Waals surface area contributed by atoms with Gasteiger partial charge in [-0.1, -0.05) is 12.8 Å². The highest BCUT2D eigenvalue weighted by Crippen LogP contribution is 2.38. The molecule has 3 heteroatoms. The summed E-state index contributed by atoms with van der Waals surface area (Å²) in [5.41, 5.74) is 0. The molecule has 0 saturated heterocycles. The Bertz CT molecular complexity index is 159. The standard InChI is InChI=1S/C8H12F2O/c1-6(11)8(9,10)7-4-2-3-5-7/h7H,2-5H2,1H3. The van der Waals surface area contributed by atoms with Gasteiger partial charge in [0.25, 0.3) is 0 Å². The highest BCUT2D eigenvalue weighted by atomic mass is 19.3. The van der Waals surface area contributed by atoms with Crippen LogP contribution in [0, 0.1) is 5.92 Å². The van der Waals surface area contributed by atoms with E-state index in [1.165, 1.54) is 0 Å². The van der Waals surface area contributed by atoms with Crippen molar-refractivity contribution >= 4 is 5.78 Å². The van der Waals surface area contributed by atoms with E-state index in [-0.39, 0.29) is 0 Å². The fraction of sp³-hybridized carbons (Fsp3) is 0.875. The molecule has 1 nitrogen and oxygen atoms in total. The van der Waals surface area contributed by atoms with Crippen LogP contribution < -0.4 is 0 Å². The molecule has 1 saturated carbocycles. The number of halogens is 2. The molecule has 64 valence electrons. The van der Waals surface area contributed by atoms with Crippen LogP contribution >= 0.6 is 0 Å². The Labute approximate surface area is 64.8 Å². The first-order valence-corrected chi connectivity index (χ1v) is 3.94. The Kier molecular flexibility index (Phi) is 2.25. The zero-order chi connectivity index (χ0) is 8.48. The maximum absolute atomic E-state index is 12.9. The third-order valence-electron chi connectivity index (χ3n) is 2.34. The van der Waals surface area contributed by atoms with Crippen LogP contribution in [0.1, 0.15) is 32.6 Å². The first-order chi connectivity index (χ1) is 5.05. The molecule has 0 aromatic carbocycles. The van der Waals surface area contributed by atoms with Gasteiger partial charge in [0.05, 0.1) is 0 Å². The predicted molar refractivity (Wildman–Crippen MR) is 37.6 cm³/mol. The van der Waals surface area contributed by atoms with Crippen LogP contribution in [-0.2, 0) is 4.79 Å². The Morgan fingerprint density at radius 1 is 1.36 bits per heavy atom. The lowest BCUT2D eigenvalue weighted by atomic mass is 9.97. The van der Waals surface area contributed by atoms with Gasteiger partial charge in [-0.15, -0.1) is 0 Å². The van der Waals surface area contributed by atoms with Gasteiger partial charge >= 0.3 is 5.92 Å². The van der Waals surface area contributed by atoms with Gasteiger partial charge in [0.2, 0.25) is 0 Å². The lowest BCUT2D eigenvalue weighted by Crippen LogP contribution is -2.33. The molecule has 0 amide bonds. The van der Waals surface area contributed by atoms with Crippen LogP contribution in [0.5, 0.6) is 0 Å². The van der Waals surface area contributed by atoms with E-state index in [1.807, 2.05) is 0 Å². The fourth-order valence-corrected chi connectivity index (χ4v) is 1.58. The summed E-state index contributed by atoms with van der Waals surface area (Å²) >= 11 is 0. The van der Waals surface area contributed by atoms with Gasteiger partial charge in [0.1, 0.15) is 0 Å². The van der Waals surface area contributed by atoms with Crippen LogP contribution in [0.2, 0.25) is 0 Å². The van der Waals surface area contributed by atoms with Crippen LogP contribution in [0.15, 0.2) is 0 Å². The smallest absolute Gasteiger partial charge is 0.293 e. The molecule has 0 aromatic heterocycles. The van der Waals surface area contributed by atoms with E-state index >= 15 is 0 Å². The molecule has 0 spiro atoms. The zero-order valence-electron chi connectivity index (χ0n) is 6.57. The van der Waals surface area contributed by atoms with Gasteiger partial charge in [-0.05, 0) is 12.8 Å². The molecule has 0 radical (unpaired) electrons. The highest BCUT2D eigenvalue weighted by molar-refractivity contribution is 5.83. The molecule has 1 aliphatic carbocycles. The maximum Gasteiger partial charge on any atom is 0.307 e. The van der Waals surface area contributed by atoms with Gasteiger partial charge in [-0.25, -0.2) is 0 Å². The first-order valence-electron chi connectivity index (χ1n) is 3.94. The first kappa shape index (κ1) is 8.62. The van der Waals surface area contributed by atoms with Crippen molar-refractivity contribution in [1.82, 2.24) is 0 Å². The molecule has 0 unspecified atom stereocenters. The van der Waals surface area contributed by atoms with E-state index in [2.05, 4.69) is 0 Å². The molecule has 0 N–H and O–H groups in total. The Hall–Kier alpha value is -0.470. The number of rotatable bonds is 2. The molecular weight excluding hydrogens is 150 g/mol. The number of carbonyl (C=O) groups excluding carboxylic acids is 1. The van der Waals surface area contributed by atoms with Crippen molar-refractivity contribution in [2.45, 2.75) is 38.5 Å². The third kappa shape index (κ3) is 1.57. The van der Waals surface area contributed by atoms with Crippen LogP contribution in [-0.4, -0.2) is 11.7 Å². The Morgan fingerprint density at radius 2 is 1.82 bits per heavy atom. The van der Waals surface area contributed by atoms with E-state index < -0.39 is 17.6 Å². The summed E-state index contributed by atoms with van der Waals surface area (Å²) in [4.78, 5) is 10.5. The highest BCUT2D eigenvalue weighted by Gasteiger charge is 2.44. The average molecular weight is 162 g/mol. The van der Waals surface area contributed by atoms with Crippen molar-refractivity contribution in [3.05, 3.63) is 0 Å². The summed E-state index contributed by atoms with van der Waals surface area (Å²) < 4.78 is 25.8. The molecule has 0 atom stereocenters. The quantitative estimate of drug-likeness (QED) is 0.609. The fourth-order valence-electron chi connectivity index (χ4n) is 1.58. The van der Waals surface area contributed by atoms with Gasteiger partial charge in [0, 0.05) is 12.8 Å². The monoisotopic (exact) mass is 162 g/mol. The molecule has 0 heterocycles. The topological polar surface area (TPSA) is 17.1 Å². The summed E-state index contributed by atoms with van der Waals surface area (Å²) in [5.74, 6) is -4.72. The zero-order valence-corrected chi connectivity index (χ0v) is 6.57. The van der Waals surface area contributed by atoms with E-state index in [0.717, 1.165) is 19.8 Å². The SMILES string of the molecule is CC(=O)C(F)(F)C1CCCC1. The molecule has 1 fully saturated rings. The van der Waals surface area contributed by atoms with Crippen molar-refractivity contribution in [1.29, 1.82) is 0 Å². The van der Waals surface area contributed by atoms with Crippen LogP contribution in [0.4, 0.5) is 8.78 Å². The van der Waals surface area contributed by atoms with Crippen molar-refractivity contribution in [3.63, 3.8) is 0 Å². The number of Topliss-reactive ketones (excluding diaryl/α,β-unsaturated/α-hetero) is 1. The average Bonchev–Trinajstić information content (AvgIpc) is 2.37. The van der Waals surface area contributed by atoms with Crippen LogP contribution in [0.25, 0.3) is 0 Å². The molecule has 0 bridgehead atoms. The summed E-state index contributed by atoms with van der Waals surface area (Å²) in [7, 11) is 0. The number of carbonyl (C=O) groups is 1. The predicted octanol–water partition coefficient (Wildman–Crippen LogP) is 2.40. The van der Waals surface area contributed by atoms with Gasteiger partial charge in [-0.2, -0.15) is 8.78 Å². The number of ketones is 1. The normalized spacial score (nSPS) is 20.6. The largest absolute Gasteiger partial charge is 0.307 e. The molecule has 0 aromatic rings. The lowest BCUT2D eigenvalue weighted by molar-refractivity contribution is -0.148. The summed E-state index contributed by atoms with van der Waals surface area (Å²) in [6.07, 6.45) is 2.69. The minimum absolute atomic E-state index is 0.507. The van der Waals surface area contributed by atoms with E-state index in [9.17, 15) is 13.6 Å². The Morgan fingerprint density at radius 3 is 2.18 bits per heavy atom. The minimum Gasteiger partial charge on any atom is -0.293 e. The maximum atomic E-state index is 12.9. The van der Waals surface area contributed by atoms with Gasteiger partial charge < -0.3 is 0 Å². The summed E-state index contributed by atoms with van der Waals surface area (Å²) in [5, 5.41) is 0. The summed E-state index contributed by atoms with van der Waals surface area (Å²) in [6.45, 7) is 0.971. The van der Waals surface area contributed by atoms with E-state index in [0.29, 0.717) is 12.8 Å². The summed E-state index contributed by atoms with van der Waals surface area (Å²) in [6, 6.07) is 0. The second-order valence-corrected chi connectivity index (χ2v) is 3.16. The van der Waals surface area contributed by atoms with Crippen molar-refractivity contribution in [2.24, 2.45) is 5.92 Å². The third-order valence-corrected chi connectivity index (χ3v) is 2.34. The molecular formula is C8H12F2O. The molecule has 0 aliphatic heterocycles. The number of hydrogen-bond acceptors (Lipinski definition) is 1. The lowest BCUT2D eigenvalue weighted by Gasteiger charge is -2.19. The molecule has 1 rings (SSSR count). The van der Waals surface area contributed by atoms with E-state index in [1.54, 1.807) is 0 Å². The van der Waals surface area contributed by atoms with E-state index in [4.69, 9.17) is 0 Å². The van der Waals surface area contributed by atoms with Crippen molar-refractivity contribution in [2.75, 3.05) is 0 Å². The van der Waals surface area contributed by atoms with Gasteiger partial charge in [0.15, 0.2) is 5.78 Å². The second-order valence-electron chi connectivity index (χ2n) is 3.16. The molecule has 1 aliphatic rings. The van der Waals surface area contributed by atoms with Crippen molar-refractivity contribution < 1.29 is 13.6 Å². The molecule has 11 heavy (non-hydrogen) atoms.